The fourth-order valence-corrected chi connectivity index (χ4v) is 5.22. The van der Waals surface area contributed by atoms with Crippen molar-refractivity contribution < 1.29 is 9.53 Å². The molecule has 0 atom stereocenters. The van der Waals surface area contributed by atoms with Gasteiger partial charge in [0.05, 0.1) is 7.11 Å². The number of hydrogen-bond donors (Lipinski definition) is 0. The van der Waals surface area contributed by atoms with E-state index in [9.17, 15) is 4.79 Å². The number of unbranched alkanes of at least 4 members (excludes halogenated alkanes) is 3. The summed E-state index contributed by atoms with van der Waals surface area (Å²) in [6.07, 6.45) is 7.78. The monoisotopic (exact) mass is 514 g/mol. The number of hydrogen-bond acceptors (Lipinski definition) is 5. The van der Waals surface area contributed by atoms with Crippen LogP contribution in [0.15, 0.2) is 48.5 Å². The number of aromatic nitrogens is 2. The first-order chi connectivity index (χ1) is 18.5. The van der Waals surface area contributed by atoms with Gasteiger partial charge in [0.1, 0.15) is 17.4 Å². The van der Waals surface area contributed by atoms with Crippen LogP contribution in [-0.2, 0) is 12.8 Å². The second-order valence-corrected chi connectivity index (χ2v) is 10.3. The van der Waals surface area contributed by atoms with E-state index in [1.54, 1.807) is 7.11 Å². The SMILES string of the molecule is CCCCCCc1ccc(C(=O)N2CCCN(c3nc(C)nc(C)c3Cc3ccc(OC)cc3)CC2)cc1. The van der Waals surface area contributed by atoms with Crippen LogP contribution in [0.4, 0.5) is 5.82 Å². The fraction of sp³-hybridized carbons (Fsp3) is 0.469. The van der Waals surface area contributed by atoms with Gasteiger partial charge in [-0.15, -0.1) is 0 Å². The summed E-state index contributed by atoms with van der Waals surface area (Å²) in [4.78, 5) is 27.2. The van der Waals surface area contributed by atoms with Crippen LogP contribution in [0.25, 0.3) is 0 Å². The average molecular weight is 515 g/mol. The molecule has 1 saturated heterocycles. The highest BCUT2D eigenvalue weighted by molar-refractivity contribution is 5.94. The second-order valence-electron chi connectivity index (χ2n) is 10.3. The molecule has 6 heteroatoms. The van der Waals surface area contributed by atoms with E-state index < -0.39 is 0 Å². The molecule has 1 amide bonds. The molecule has 0 unspecified atom stereocenters. The third-order valence-electron chi connectivity index (χ3n) is 7.45. The van der Waals surface area contributed by atoms with Crippen molar-refractivity contribution in [1.82, 2.24) is 14.9 Å². The van der Waals surface area contributed by atoms with E-state index in [1.807, 2.05) is 36.1 Å². The number of carbonyl (C=O) groups excluding carboxylic acids is 1. The van der Waals surface area contributed by atoms with Crippen molar-refractivity contribution >= 4 is 11.7 Å². The molecule has 2 heterocycles. The van der Waals surface area contributed by atoms with Gasteiger partial charge in [0, 0.05) is 49.4 Å². The summed E-state index contributed by atoms with van der Waals surface area (Å²) < 4.78 is 5.32. The van der Waals surface area contributed by atoms with Gasteiger partial charge >= 0.3 is 0 Å². The number of methoxy groups -OCH3 is 1. The van der Waals surface area contributed by atoms with E-state index in [0.717, 1.165) is 73.1 Å². The fourth-order valence-electron chi connectivity index (χ4n) is 5.22. The molecule has 4 rings (SSSR count). The maximum absolute atomic E-state index is 13.3. The van der Waals surface area contributed by atoms with Crippen LogP contribution < -0.4 is 9.64 Å². The van der Waals surface area contributed by atoms with Crippen molar-refractivity contribution in [2.75, 3.05) is 38.2 Å². The molecule has 38 heavy (non-hydrogen) atoms. The van der Waals surface area contributed by atoms with Crippen LogP contribution in [0.2, 0.25) is 0 Å². The molecule has 0 radical (unpaired) electrons. The maximum atomic E-state index is 13.3. The lowest BCUT2D eigenvalue weighted by atomic mass is 10.0. The number of anilines is 1. The average Bonchev–Trinajstić information content (AvgIpc) is 3.19. The van der Waals surface area contributed by atoms with Gasteiger partial charge in [0.2, 0.25) is 0 Å². The molecule has 0 N–H and O–H groups in total. The van der Waals surface area contributed by atoms with Gasteiger partial charge in [-0.25, -0.2) is 9.97 Å². The van der Waals surface area contributed by atoms with E-state index in [1.165, 1.54) is 36.8 Å². The Morgan fingerprint density at radius 2 is 1.61 bits per heavy atom. The van der Waals surface area contributed by atoms with Crippen molar-refractivity contribution in [2.24, 2.45) is 0 Å². The van der Waals surface area contributed by atoms with Crippen molar-refractivity contribution in [3.8, 4) is 5.75 Å². The number of ether oxygens (including phenoxy) is 1. The summed E-state index contributed by atoms with van der Waals surface area (Å²) in [5.74, 6) is 2.75. The zero-order valence-corrected chi connectivity index (χ0v) is 23.5. The molecule has 0 saturated carbocycles. The van der Waals surface area contributed by atoms with Crippen LogP contribution in [0.1, 0.15) is 77.6 Å². The number of amides is 1. The number of aryl methyl sites for hydroxylation is 3. The first kappa shape index (κ1) is 27.6. The normalized spacial score (nSPS) is 13.9. The molecule has 0 spiro atoms. The summed E-state index contributed by atoms with van der Waals surface area (Å²) in [5.41, 5.74) is 5.46. The minimum absolute atomic E-state index is 0.123. The maximum Gasteiger partial charge on any atom is 0.253 e. The van der Waals surface area contributed by atoms with Gasteiger partial charge in [-0.1, -0.05) is 50.5 Å². The van der Waals surface area contributed by atoms with Gasteiger partial charge in [-0.05, 0) is 68.5 Å². The lowest BCUT2D eigenvalue weighted by Gasteiger charge is -2.26. The zero-order valence-electron chi connectivity index (χ0n) is 23.5. The van der Waals surface area contributed by atoms with E-state index in [2.05, 4.69) is 48.0 Å². The topological polar surface area (TPSA) is 58.6 Å². The first-order valence-corrected chi connectivity index (χ1v) is 14.1. The van der Waals surface area contributed by atoms with Crippen molar-refractivity contribution in [1.29, 1.82) is 0 Å². The summed E-state index contributed by atoms with van der Waals surface area (Å²) in [5, 5.41) is 0. The Balaban J connectivity index is 1.43. The highest BCUT2D eigenvalue weighted by atomic mass is 16.5. The lowest BCUT2D eigenvalue weighted by Crippen LogP contribution is -2.35. The lowest BCUT2D eigenvalue weighted by molar-refractivity contribution is 0.0767. The van der Waals surface area contributed by atoms with Crippen molar-refractivity contribution in [2.45, 2.75) is 65.7 Å². The first-order valence-electron chi connectivity index (χ1n) is 14.1. The number of carbonyl (C=O) groups is 1. The Morgan fingerprint density at radius 3 is 2.32 bits per heavy atom. The zero-order chi connectivity index (χ0) is 26.9. The second kappa shape index (κ2) is 13.4. The minimum atomic E-state index is 0.123. The molecule has 1 aromatic heterocycles. The predicted molar refractivity (Wildman–Crippen MR) is 154 cm³/mol. The third-order valence-corrected chi connectivity index (χ3v) is 7.45. The highest BCUT2D eigenvalue weighted by Crippen LogP contribution is 2.26. The van der Waals surface area contributed by atoms with Gasteiger partial charge in [-0.3, -0.25) is 4.79 Å². The number of rotatable bonds is 10. The van der Waals surface area contributed by atoms with E-state index in [4.69, 9.17) is 9.72 Å². The Labute approximate surface area is 228 Å². The molecule has 6 nitrogen and oxygen atoms in total. The molecule has 3 aromatic rings. The summed E-state index contributed by atoms with van der Waals surface area (Å²) in [6.45, 7) is 9.32. The summed E-state index contributed by atoms with van der Waals surface area (Å²) >= 11 is 0. The van der Waals surface area contributed by atoms with Crippen LogP contribution in [0, 0.1) is 13.8 Å². The summed E-state index contributed by atoms with van der Waals surface area (Å²) in [7, 11) is 1.68. The molecule has 202 valence electrons. The van der Waals surface area contributed by atoms with Gasteiger partial charge < -0.3 is 14.5 Å². The molecule has 1 fully saturated rings. The molecule has 1 aliphatic rings. The smallest absolute Gasteiger partial charge is 0.253 e. The van der Waals surface area contributed by atoms with Crippen LogP contribution in [0.3, 0.4) is 0 Å². The molecule has 2 aromatic carbocycles. The Morgan fingerprint density at radius 1 is 0.868 bits per heavy atom. The molecule has 0 bridgehead atoms. The van der Waals surface area contributed by atoms with Crippen LogP contribution in [-0.4, -0.2) is 54.1 Å². The van der Waals surface area contributed by atoms with E-state index >= 15 is 0 Å². The molecule has 0 aliphatic carbocycles. The van der Waals surface area contributed by atoms with Gasteiger partial charge in [0.15, 0.2) is 0 Å². The van der Waals surface area contributed by atoms with Gasteiger partial charge in [0.25, 0.3) is 5.91 Å². The minimum Gasteiger partial charge on any atom is -0.497 e. The Hall–Kier alpha value is -3.41. The van der Waals surface area contributed by atoms with Crippen molar-refractivity contribution in [3.63, 3.8) is 0 Å². The third kappa shape index (κ3) is 7.12. The molecular weight excluding hydrogens is 472 g/mol. The predicted octanol–water partition coefficient (Wildman–Crippen LogP) is 6.17. The van der Waals surface area contributed by atoms with Crippen molar-refractivity contribution in [3.05, 3.63) is 82.3 Å². The largest absolute Gasteiger partial charge is 0.497 e. The molecular formula is C32H42N4O2. The van der Waals surface area contributed by atoms with Crippen LogP contribution in [0.5, 0.6) is 5.75 Å². The van der Waals surface area contributed by atoms with Gasteiger partial charge in [-0.2, -0.15) is 0 Å². The van der Waals surface area contributed by atoms with E-state index in [-0.39, 0.29) is 5.91 Å². The molecule has 1 aliphatic heterocycles. The Kier molecular flexibility index (Phi) is 9.74. The standard InChI is InChI=1S/C32H42N4O2/c1-5-6-7-8-10-26-11-15-28(16-12-26)32(37)36-20-9-19-35(21-22-36)31-30(24(2)33-25(3)34-31)23-27-13-17-29(38-4)18-14-27/h11-18H,5-10,19-23H2,1-4H3. The quantitative estimate of drug-likeness (QED) is 0.303. The number of benzene rings is 2. The van der Waals surface area contributed by atoms with Crippen LogP contribution >= 0.6 is 0 Å². The highest BCUT2D eigenvalue weighted by Gasteiger charge is 2.24. The van der Waals surface area contributed by atoms with E-state index in [0.29, 0.717) is 6.54 Å². The number of nitrogens with zero attached hydrogens (tertiary/aromatic N) is 4. The Bertz CT molecular complexity index is 1190. The summed E-state index contributed by atoms with van der Waals surface area (Å²) in [6, 6.07) is 16.4.